The quantitative estimate of drug-likeness (QED) is 0.796. The van der Waals surface area contributed by atoms with Crippen molar-refractivity contribution < 1.29 is 19.4 Å². The van der Waals surface area contributed by atoms with Crippen molar-refractivity contribution in [1.29, 1.82) is 0 Å². The molecule has 1 aliphatic heterocycles. The average Bonchev–Trinajstić information content (AvgIpc) is 2.63. The number of hydrogen-bond donors (Lipinski definition) is 1. The average molecular weight is 329 g/mol. The highest BCUT2D eigenvalue weighted by Crippen LogP contribution is 2.57. The molecule has 1 aromatic rings. The van der Waals surface area contributed by atoms with Crippen LogP contribution in [0.25, 0.3) is 0 Å². The number of phenolic OH excluding ortho intramolecular Hbond substituents is 1. The van der Waals surface area contributed by atoms with Gasteiger partial charge in [-0.2, -0.15) is 0 Å². The number of carbonyl (C=O) groups excluding carboxylic acids is 2. The molecule has 1 heterocycles. The number of likely N-dealkylation sites (tertiary alicyclic amines) is 1. The fraction of sp³-hybridized carbons (Fsp3) is 0.579. The fourth-order valence-corrected chi connectivity index (χ4v) is 5.35. The minimum atomic E-state index is -0.438. The lowest BCUT2D eigenvalue weighted by atomic mass is 9.53. The van der Waals surface area contributed by atoms with E-state index >= 15 is 0 Å². The molecule has 2 aliphatic carbocycles. The molecule has 0 unspecified atom stereocenters. The number of Topliss-reactive ketones (excluding diaryl/α,β-unsaturated/α-hetero) is 2. The van der Waals surface area contributed by atoms with Crippen molar-refractivity contribution in [2.24, 2.45) is 5.92 Å². The van der Waals surface area contributed by atoms with Gasteiger partial charge in [-0.3, -0.25) is 9.59 Å². The van der Waals surface area contributed by atoms with Crippen LogP contribution in [0.5, 0.6) is 11.5 Å². The number of phenols is 1. The maximum Gasteiger partial charge on any atom is 0.199 e. The van der Waals surface area contributed by atoms with Crippen LogP contribution >= 0.6 is 0 Å². The predicted molar refractivity (Wildman–Crippen MR) is 88.4 cm³/mol. The molecule has 5 heteroatoms. The Bertz CT molecular complexity index is 728. The van der Waals surface area contributed by atoms with Gasteiger partial charge in [-0.15, -0.1) is 0 Å². The molecule has 128 valence electrons. The molecule has 4 rings (SSSR count). The van der Waals surface area contributed by atoms with E-state index in [9.17, 15) is 14.7 Å². The van der Waals surface area contributed by atoms with Crippen molar-refractivity contribution >= 4 is 11.6 Å². The molecule has 0 amide bonds. The monoisotopic (exact) mass is 329 g/mol. The van der Waals surface area contributed by atoms with E-state index in [0.29, 0.717) is 12.2 Å². The molecule has 5 nitrogen and oxygen atoms in total. The van der Waals surface area contributed by atoms with Crippen molar-refractivity contribution in [2.45, 2.75) is 43.6 Å². The molecular weight excluding hydrogens is 306 g/mol. The summed E-state index contributed by atoms with van der Waals surface area (Å²) in [6, 6.07) is 4.05. The van der Waals surface area contributed by atoms with Gasteiger partial charge in [0.05, 0.1) is 7.11 Å². The van der Waals surface area contributed by atoms with Gasteiger partial charge in [0.15, 0.2) is 23.1 Å². The van der Waals surface area contributed by atoms with E-state index in [2.05, 4.69) is 11.9 Å². The third-order valence-electron chi connectivity index (χ3n) is 6.44. The van der Waals surface area contributed by atoms with Gasteiger partial charge >= 0.3 is 0 Å². The first-order valence-corrected chi connectivity index (χ1v) is 8.63. The topological polar surface area (TPSA) is 66.8 Å². The third kappa shape index (κ3) is 1.97. The molecule has 3 aliphatic rings. The molecular formula is C19H23NO4. The second kappa shape index (κ2) is 5.31. The maximum absolute atomic E-state index is 12.3. The molecule has 0 aromatic heterocycles. The van der Waals surface area contributed by atoms with E-state index in [1.165, 1.54) is 0 Å². The summed E-state index contributed by atoms with van der Waals surface area (Å²) in [6.45, 7) is 0.956. The first kappa shape index (κ1) is 15.6. The molecule has 0 radical (unpaired) electrons. The highest BCUT2D eigenvalue weighted by molar-refractivity contribution is 6.38. The van der Waals surface area contributed by atoms with Gasteiger partial charge in [0, 0.05) is 29.9 Å². The Balaban J connectivity index is 1.97. The Morgan fingerprint density at radius 2 is 2.04 bits per heavy atom. The van der Waals surface area contributed by atoms with Gasteiger partial charge < -0.3 is 14.7 Å². The number of ketones is 2. The van der Waals surface area contributed by atoms with Crippen molar-refractivity contribution in [3.8, 4) is 11.5 Å². The van der Waals surface area contributed by atoms with Crippen LogP contribution in [-0.2, 0) is 21.4 Å². The Labute approximate surface area is 141 Å². The van der Waals surface area contributed by atoms with Gasteiger partial charge in [-0.05, 0) is 50.4 Å². The van der Waals surface area contributed by atoms with E-state index in [-0.39, 0.29) is 35.7 Å². The number of nitrogens with zero attached hydrogens (tertiary/aromatic N) is 1. The molecule has 1 saturated heterocycles. The van der Waals surface area contributed by atoms with Gasteiger partial charge in [-0.25, -0.2) is 0 Å². The SMILES string of the molecule is COc1ccc2c(c1O)[C@@]13CCCN(C)[C@@H](C2)[C@H]1CC(=O)C(=O)C3. The standard InChI is InChI=1S/C19H23NO4/c1-20-7-3-6-19-10-15(22)14(21)9-12(19)13(20)8-11-4-5-16(24-2)18(23)17(11)19/h4-5,12-13,23H,3,6-10H2,1-2H3/t12-,13+,19-/m1/s1. The number of likely N-dealkylation sites (N-methyl/N-ethyl adjacent to an activating group) is 1. The molecule has 3 atom stereocenters. The number of fused-ring (bicyclic) bond motifs is 1. The molecule has 2 bridgehead atoms. The Hall–Kier alpha value is -1.88. The zero-order valence-electron chi connectivity index (χ0n) is 14.2. The molecule has 1 N–H and O–H groups in total. The fourth-order valence-electron chi connectivity index (χ4n) is 5.35. The van der Waals surface area contributed by atoms with Crippen molar-refractivity contribution in [1.82, 2.24) is 4.90 Å². The summed E-state index contributed by atoms with van der Waals surface area (Å²) in [4.78, 5) is 26.8. The summed E-state index contributed by atoms with van der Waals surface area (Å²) in [6.07, 6.45) is 3.10. The van der Waals surface area contributed by atoms with Crippen LogP contribution in [0.3, 0.4) is 0 Å². The van der Waals surface area contributed by atoms with E-state index in [1.807, 2.05) is 6.07 Å². The van der Waals surface area contributed by atoms with Gasteiger partial charge in [-0.1, -0.05) is 6.07 Å². The van der Waals surface area contributed by atoms with E-state index in [0.717, 1.165) is 36.9 Å². The zero-order chi connectivity index (χ0) is 17.1. The summed E-state index contributed by atoms with van der Waals surface area (Å²) < 4.78 is 5.31. The molecule has 1 aromatic carbocycles. The number of methoxy groups -OCH3 is 1. The highest BCUT2D eigenvalue weighted by Gasteiger charge is 2.56. The van der Waals surface area contributed by atoms with Crippen LogP contribution in [0.1, 0.15) is 36.8 Å². The minimum absolute atomic E-state index is 0.0840. The minimum Gasteiger partial charge on any atom is -0.504 e. The first-order valence-electron chi connectivity index (χ1n) is 8.63. The number of hydrogen-bond acceptors (Lipinski definition) is 5. The smallest absolute Gasteiger partial charge is 0.199 e. The number of rotatable bonds is 1. The molecule has 0 spiro atoms. The van der Waals surface area contributed by atoms with Gasteiger partial charge in [0.25, 0.3) is 0 Å². The lowest BCUT2D eigenvalue weighted by Gasteiger charge is -2.51. The maximum atomic E-state index is 12.3. The van der Waals surface area contributed by atoms with E-state index in [4.69, 9.17) is 4.74 Å². The highest BCUT2D eigenvalue weighted by atomic mass is 16.5. The number of benzene rings is 1. The molecule has 1 saturated carbocycles. The largest absolute Gasteiger partial charge is 0.504 e. The van der Waals surface area contributed by atoms with Crippen LogP contribution in [0, 0.1) is 5.92 Å². The Morgan fingerprint density at radius 3 is 2.79 bits per heavy atom. The summed E-state index contributed by atoms with van der Waals surface area (Å²) >= 11 is 0. The number of carbonyl (C=O) groups is 2. The number of ether oxygens (including phenoxy) is 1. The van der Waals surface area contributed by atoms with E-state index < -0.39 is 5.41 Å². The summed E-state index contributed by atoms with van der Waals surface area (Å²) in [7, 11) is 3.65. The molecule has 2 fully saturated rings. The van der Waals surface area contributed by atoms with Crippen LogP contribution in [-0.4, -0.2) is 48.3 Å². The van der Waals surface area contributed by atoms with Crippen LogP contribution in [0.4, 0.5) is 0 Å². The lowest BCUT2D eigenvalue weighted by molar-refractivity contribution is -0.142. The third-order valence-corrected chi connectivity index (χ3v) is 6.44. The summed E-state index contributed by atoms with van der Waals surface area (Å²) in [5.41, 5.74) is 1.51. The van der Waals surface area contributed by atoms with Crippen LogP contribution in [0.2, 0.25) is 0 Å². The van der Waals surface area contributed by atoms with Crippen LogP contribution in [0.15, 0.2) is 12.1 Å². The summed E-state index contributed by atoms with van der Waals surface area (Å²) in [5.74, 6) is 0.152. The van der Waals surface area contributed by atoms with Crippen LogP contribution < -0.4 is 4.74 Å². The lowest BCUT2D eigenvalue weighted by Crippen LogP contribution is -2.55. The van der Waals surface area contributed by atoms with E-state index in [1.54, 1.807) is 13.2 Å². The second-order valence-electron chi connectivity index (χ2n) is 7.50. The zero-order valence-corrected chi connectivity index (χ0v) is 14.2. The van der Waals surface area contributed by atoms with Crippen molar-refractivity contribution in [3.63, 3.8) is 0 Å². The van der Waals surface area contributed by atoms with Gasteiger partial charge in [0.1, 0.15) is 0 Å². The van der Waals surface area contributed by atoms with Crippen molar-refractivity contribution in [3.05, 3.63) is 23.3 Å². The Morgan fingerprint density at radius 1 is 1.25 bits per heavy atom. The van der Waals surface area contributed by atoms with Gasteiger partial charge in [0.2, 0.25) is 0 Å². The first-order chi connectivity index (χ1) is 11.5. The van der Waals surface area contributed by atoms with Crippen molar-refractivity contribution in [2.75, 3.05) is 20.7 Å². The predicted octanol–water partition coefficient (Wildman–Crippen LogP) is 1.84. The summed E-state index contributed by atoms with van der Waals surface area (Å²) in [5, 5.41) is 10.9. The number of aromatic hydroxyl groups is 1. The molecule has 24 heavy (non-hydrogen) atoms. The second-order valence-corrected chi connectivity index (χ2v) is 7.50. The normalized spacial score (nSPS) is 32.8. The Kier molecular flexibility index (Phi) is 3.46.